The smallest absolute Gasteiger partial charge is 0.214 e. The number of nitrogens with zero attached hydrogens (tertiary/aromatic N) is 2. The van der Waals surface area contributed by atoms with Crippen LogP contribution in [0.1, 0.15) is 12.5 Å². The van der Waals surface area contributed by atoms with Gasteiger partial charge in [0.1, 0.15) is 6.33 Å². The highest BCUT2D eigenvalue weighted by Gasteiger charge is 2.05. The van der Waals surface area contributed by atoms with Crippen LogP contribution >= 0.6 is 12.2 Å². The lowest BCUT2D eigenvalue weighted by molar-refractivity contribution is 0.310. The van der Waals surface area contributed by atoms with E-state index in [9.17, 15) is 0 Å². The van der Waals surface area contributed by atoms with Crippen molar-refractivity contribution in [2.24, 2.45) is 0 Å². The monoisotopic (exact) mass is 280 g/mol. The molecule has 102 valence electrons. The zero-order valence-electron chi connectivity index (χ0n) is 10.8. The first-order chi connectivity index (χ1) is 9.24. The van der Waals surface area contributed by atoms with E-state index in [1.54, 1.807) is 18.1 Å². The average molecular weight is 280 g/mol. The normalized spacial score (nSPS) is 10.2. The summed E-state index contributed by atoms with van der Waals surface area (Å²) in [4.78, 5) is 0. The first-order valence-electron chi connectivity index (χ1n) is 5.90. The standard InChI is InChI=1S/C12H16N4O2S/c1-3-18-10-5-4-9(6-11(10)17-2)7-14-16-8-13-15-12(16)19/h4-6,8,14H,3,7H2,1-2H3,(H,15,19). The summed E-state index contributed by atoms with van der Waals surface area (Å²) >= 11 is 5.04. The summed E-state index contributed by atoms with van der Waals surface area (Å²) in [5.41, 5.74) is 4.19. The maximum Gasteiger partial charge on any atom is 0.214 e. The maximum absolute atomic E-state index is 5.47. The van der Waals surface area contributed by atoms with E-state index in [2.05, 4.69) is 15.6 Å². The van der Waals surface area contributed by atoms with Gasteiger partial charge < -0.3 is 14.9 Å². The van der Waals surface area contributed by atoms with Crippen molar-refractivity contribution in [3.05, 3.63) is 34.9 Å². The highest BCUT2D eigenvalue weighted by atomic mass is 32.1. The summed E-state index contributed by atoms with van der Waals surface area (Å²) in [6, 6.07) is 5.81. The zero-order chi connectivity index (χ0) is 13.7. The van der Waals surface area contributed by atoms with E-state index < -0.39 is 0 Å². The molecule has 1 aromatic carbocycles. The molecule has 19 heavy (non-hydrogen) atoms. The van der Waals surface area contributed by atoms with Gasteiger partial charge in [-0.3, -0.25) is 5.10 Å². The fourth-order valence-electron chi connectivity index (χ4n) is 1.63. The second kappa shape index (κ2) is 6.24. The van der Waals surface area contributed by atoms with Gasteiger partial charge in [0.2, 0.25) is 4.77 Å². The first-order valence-corrected chi connectivity index (χ1v) is 6.31. The Morgan fingerprint density at radius 2 is 2.26 bits per heavy atom. The molecule has 0 radical (unpaired) electrons. The van der Waals surface area contributed by atoms with Gasteiger partial charge in [0, 0.05) is 0 Å². The molecule has 0 aliphatic heterocycles. The van der Waals surface area contributed by atoms with Crippen LogP contribution in [0, 0.1) is 4.77 Å². The minimum Gasteiger partial charge on any atom is -0.493 e. The molecule has 7 heteroatoms. The maximum atomic E-state index is 5.47. The van der Waals surface area contributed by atoms with Crippen molar-refractivity contribution >= 4 is 12.2 Å². The molecule has 2 rings (SSSR count). The summed E-state index contributed by atoms with van der Waals surface area (Å²) < 4.78 is 12.9. The third kappa shape index (κ3) is 3.25. The molecule has 6 nitrogen and oxygen atoms in total. The summed E-state index contributed by atoms with van der Waals surface area (Å²) in [6.07, 6.45) is 1.59. The van der Waals surface area contributed by atoms with Gasteiger partial charge in [0.25, 0.3) is 0 Å². The van der Waals surface area contributed by atoms with E-state index in [4.69, 9.17) is 21.7 Å². The van der Waals surface area contributed by atoms with Crippen LogP contribution in [-0.4, -0.2) is 28.6 Å². The Balaban J connectivity index is 2.09. The van der Waals surface area contributed by atoms with Crippen molar-refractivity contribution < 1.29 is 9.47 Å². The van der Waals surface area contributed by atoms with Crippen LogP contribution in [0.25, 0.3) is 0 Å². The lowest BCUT2D eigenvalue weighted by Crippen LogP contribution is -2.13. The largest absolute Gasteiger partial charge is 0.493 e. The third-order valence-electron chi connectivity index (χ3n) is 2.53. The average Bonchev–Trinajstić information content (AvgIpc) is 2.83. The molecule has 0 fully saturated rings. The van der Waals surface area contributed by atoms with Gasteiger partial charge in [-0.1, -0.05) is 6.07 Å². The van der Waals surface area contributed by atoms with Crippen LogP contribution in [0.15, 0.2) is 24.5 Å². The molecule has 1 aromatic heterocycles. The van der Waals surface area contributed by atoms with Crippen LogP contribution in [-0.2, 0) is 6.54 Å². The summed E-state index contributed by atoms with van der Waals surface area (Å²) in [5.74, 6) is 1.46. The van der Waals surface area contributed by atoms with Gasteiger partial charge in [-0.2, -0.15) is 5.10 Å². The summed E-state index contributed by atoms with van der Waals surface area (Å²) in [6.45, 7) is 3.16. The molecule has 0 saturated carbocycles. The van der Waals surface area contributed by atoms with Crippen molar-refractivity contribution in [1.82, 2.24) is 14.9 Å². The SMILES string of the molecule is CCOc1ccc(CNn2cn[nH]c2=S)cc1OC. The van der Waals surface area contributed by atoms with Crippen LogP contribution in [0.5, 0.6) is 11.5 Å². The van der Waals surface area contributed by atoms with E-state index in [0.29, 0.717) is 17.9 Å². The summed E-state index contributed by atoms with van der Waals surface area (Å²) in [7, 11) is 1.63. The highest BCUT2D eigenvalue weighted by Crippen LogP contribution is 2.27. The van der Waals surface area contributed by atoms with Crippen molar-refractivity contribution in [3.8, 4) is 11.5 Å². The van der Waals surface area contributed by atoms with Gasteiger partial charge in [-0.05, 0) is 36.8 Å². The number of nitrogens with one attached hydrogen (secondary N) is 2. The van der Waals surface area contributed by atoms with Crippen molar-refractivity contribution in [1.29, 1.82) is 0 Å². The first kappa shape index (κ1) is 13.4. The number of ether oxygens (including phenoxy) is 2. The predicted octanol–water partition coefficient (Wildman–Crippen LogP) is 2.09. The second-order valence-corrected chi connectivity index (χ2v) is 4.17. The number of rotatable bonds is 6. The topological polar surface area (TPSA) is 64.1 Å². The molecule has 0 amide bonds. The molecule has 1 heterocycles. The molecular formula is C12H16N4O2S. The van der Waals surface area contributed by atoms with Crippen molar-refractivity contribution in [2.45, 2.75) is 13.5 Å². The van der Waals surface area contributed by atoms with E-state index in [1.165, 1.54) is 0 Å². The Morgan fingerprint density at radius 1 is 1.42 bits per heavy atom. The molecule has 2 aromatic rings. The zero-order valence-corrected chi connectivity index (χ0v) is 11.7. The molecule has 0 spiro atoms. The quantitative estimate of drug-likeness (QED) is 0.793. The molecular weight excluding hydrogens is 264 g/mol. The van der Waals surface area contributed by atoms with E-state index >= 15 is 0 Å². The van der Waals surface area contributed by atoms with Crippen LogP contribution in [0.2, 0.25) is 0 Å². The van der Waals surface area contributed by atoms with Gasteiger partial charge in [-0.15, -0.1) is 0 Å². The van der Waals surface area contributed by atoms with Crippen LogP contribution in [0.3, 0.4) is 0 Å². The van der Waals surface area contributed by atoms with Crippen LogP contribution in [0.4, 0.5) is 0 Å². The summed E-state index contributed by atoms with van der Waals surface area (Å²) in [5, 5.41) is 6.51. The minimum atomic E-state index is 0.526. The number of benzene rings is 1. The van der Waals surface area contributed by atoms with Crippen molar-refractivity contribution in [3.63, 3.8) is 0 Å². The number of H-pyrrole nitrogens is 1. The number of aromatic amines is 1. The fourth-order valence-corrected chi connectivity index (χ4v) is 1.80. The fraction of sp³-hybridized carbons (Fsp3) is 0.333. The third-order valence-corrected chi connectivity index (χ3v) is 2.82. The molecule has 0 aliphatic carbocycles. The Morgan fingerprint density at radius 3 is 2.89 bits per heavy atom. The van der Waals surface area contributed by atoms with Gasteiger partial charge in [-0.25, -0.2) is 4.68 Å². The molecule has 0 unspecified atom stereocenters. The number of methoxy groups -OCH3 is 1. The van der Waals surface area contributed by atoms with Gasteiger partial charge in [0.15, 0.2) is 11.5 Å². The number of hydrogen-bond donors (Lipinski definition) is 2. The highest BCUT2D eigenvalue weighted by molar-refractivity contribution is 7.71. The molecule has 2 N–H and O–H groups in total. The molecule has 0 bridgehead atoms. The minimum absolute atomic E-state index is 0.526. The molecule has 0 saturated heterocycles. The predicted molar refractivity (Wildman–Crippen MR) is 74.6 cm³/mol. The Labute approximate surface area is 116 Å². The second-order valence-electron chi connectivity index (χ2n) is 3.78. The Hall–Kier alpha value is -2.02. The Bertz CT molecular complexity index is 593. The number of hydrogen-bond acceptors (Lipinski definition) is 5. The van der Waals surface area contributed by atoms with Gasteiger partial charge in [0.05, 0.1) is 20.3 Å². The lowest BCUT2D eigenvalue weighted by atomic mass is 10.2. The molecule has 0 aliphatic rings. The van der Waals surface area contributed by atoms with E-state index in [0.717, 1.165) is 17.1 Å². The van der Waals surface area contributed by atoms with Crippen molar-refractivity contribution in [2.75, 3.05) is 19.1 Å². The lowest BCUT2D eigenvalue weighted by Gasteiger charge is -2.12. The van der Waals surface area contributed by atoms with E-state index in [1.807, 2.05) is 25.1 Å². The van der Waals surface area contributed by atoms with Gasteiger partial charge >= 0.3 is 0 Å². The Kier molecular flexibility index (Phi) is 4.40. The van der Waals surface area contributed by atoms with E-state index in [-0.39, 0.29) is 0 Å². The number of aromatic nitrogens is 3. The van der Waals surface area contributed by atoms with Crippen LogP contribution < -0.4 is 14.9 Å². The molecule has 0 atom stereocenters.